The number of pyridine rings is 1. The molecule has 0 saturated heterocycles. The summed E-state index contributed by atoms with van der Waals surface area (Å²) >= 11 is 2.30. The molecule has 13 heavy (non-hydrogen) atoms. The predicted molar refractivity (Wildman–Crippen MR) is 59.9 cm³/mol. The Morgan fingerprint density at radius 1 is 1.62 bits per heavy atom. The Hall–Kier alpha value is -0.320. The molecular formula is C10H12INO. The number of nitrogens with zero attached hydrogens (tertiary/aromatic N) is 1. The number of halogens is 1. The molecule has 1 aliphatic rings. The zero-order chi connectivity index (χ0) is 9.26. The number of rotatable bonds is 3. The quantitative estimate of drug-likeness (QED) is 0.798. The van der Waals surface area contributed by atoms with Gasteiger partial charge in [0.1, 0.15) is 0 Å². The zero-order valence-electron chi connectivity index (χ0n) is 7.59. The number of hydrogen-bond acceptors (Lipinski definition) is 2. The van der Waals surface area contributed by atoms with Crippen LogP contribution in [0.25, 0.3) is 0 Å². The average molecular weight is 289 g/mol. The summed E-state index contributed by atoms with van der Waals surface area (Å²) in [6.07, 6.45) is 4.51. The van der Waals surface area contributed by atoms with Crippen molar-refractivity contribution in [3.05, 3.63) is 21.4 Å². The van der Waals surface area contributed by atoms with Crippen molar-refractivity contribution in [2.24, 2.45) is 5.92 Å². The summed E-state index contributed by atoms with van der Waals surface area (Å²) < 4.78 is 6.77. The summed E-state index contributed by atoms with van der Waals surface area (Å²) in [5.74, 6) is 1.56. The normalized spacial score (nSPS) is 15.8. The largest absolute Gasteiger partial charge is 0.477 e. The maximum absolute atomic E-state index is 5.55. The summed E-state index contributed by atoms with van der Waals surface area (Å²) in [7, 11) is 0. The van der Waals surface area contributed by atoms with Crippen LogP contribution in [0.4, 0.5) is 0 Å². The third-order valence-corrected chi connectivity index (χ3v) is 3.34. The molecule has 1 heterocycles. The van der Waals surface area contributed by atoms with Gasteiger partial charge in [0.15, 0.2) is 0 Å². The van der Waals surface area contributed by atoms with Crippen molar-refractivity contribution in [2.45, 2.75) is 19.8 Å². The second-order valence-electron chi connectivity index (χ2n) is 3.53. The number of hydrogen-bond donors (Lipinski definition) is 0. The molecule has 0 N–H and O–H groups in total. The first kappa shape index (κ1) is 9.24. The van der Waals surface area contributed by atoms with Crippen molar-refractivity contribution in [3.8, 4) is 5.88 Å². The maximum Gasteiger partial charge on any atom is 0.214 e. The minimum Gasteiger partial charge on any atom is -0.477 e. The summed E-state index contributed by atoms with van der Waals surface area (Å²) in [4.78, 5) is 4.21. The van der Waals surface area contributed by atoms with E-state index in [0.717, 1.165) is 18.4 Å². The van der Waals surface area contributed by atoms with Crippen LogP contribution in [-0.2, 0) is 0 Å². The van der Waals surface area contributed by atoms with Crippen LogP contribution in [0.15, 0.2) is 12.3 Å². The van der Waals surface area contributed by atoms with Gasteiger partial charge in [0.25, 0.3) is 0 Å². The Bertz CT molecular complexity index is 310. The van der Waals surface area contributed by atoms with Crippen LogP contribution in [-0.4, -0.2) is 11.6 Å². The topological polar surface area (TPSA) is 22.1 Å². The van der Waals surface area contributed by atoms with Crippen molar-refractivity contribution in [1.82, 2.24) is 4.98 Å². The van der Waals surface area contributed by atoms with Gasteiger partial charge in [0.05, 0.1) is 6.61 Å². The van der Waals surface area contributed by atoms with E-state index in [0.29, 0.717) is 0 Å². The van der Waals surface area contributed by atoms with E-state index in [9.17, 15) is 0 Å². The first-order valence-electron chi connectivity index (χ1n) is 4.50. The predicted octanol–water partition coefficient (Wildman–Crippen LogP) is 2.78. The van der Waals surface area contributed by atoms with Gasteiger partial charge in [0.2, 0.25) is 5.88 Å². The third kappa shape index (κ3) is 2.56. The van der Waals surface area contributed by atoms with Gasteiger partial charge in [-0.25, -0.2) is 4.98 Å². The Kier molecular flexibility index (Phi) is 2.71. The van der Waals surface area contributed by atoms with Crippen LogP contribution in [0.5, 0.6) is 5.88 Å². The van der Waals surface area contributed by atoms with Gasteiger partial charge >= 0.3 is 0 Å². The molecule has 1 aromatic rings. The molecule has 3 heteroatoms. The van der Waals surface area contributed by atoms with Gasteiger partial charge in [0, 0.05) is 15.8 Å². The number of ether oxygens (including phenoxy) is 1. The molecular weight excluding hydrogens is 277 g/mol. The first-order chi connectivity index (χ1) is 6.25. The number of aryl methyl sites for hydroxylation is 1. The Labute approximate surface area is 91.8 Å². The highest BCUT2D eigenvalue weighted by Gasteiger charge is 2.22. The van der Waals surface area contributed by atoms with Crippen LogP contribution >= 0.6 is 22.6 Å². The SMILES string of the molecule is Cc1cnc(OCC2CC2)cc1I. The minimum absolute atomic E-state index is 0.766. The second kappa shape index (κ2) is 3.82. The van der Waals surface area contributed by atoms with E-state index in [2.05, 4.69) is 34.5 Å². The van der Waals surface area contributed by atoms with E-state index in [-0.39, 0.29) is 0 Å². The van der Waals surface area contributed by atoms with Gasteiger partial charge in [-0.15, -0.1) is 0 Å². The van der Waals surface area contributed by atoms with Gasteiger partial charge in [-0.2, -0.15) is 0 Å². The minimum atomic E-state index is 0.766. The van der Waals surface area contributed by atoms with Gasteiger partial charge < -0.3 is 4.74 Å². The molecule has 0 amide bonds. The first-order valence-corrected chi connectivity index (χ1v) is 5.58. The molecule has 0 radical (unpaired) electrons. The van der Waals surface area contributed by atoms with Crippen molar-refractivity contribution in [3.63, 3.8) is 0 Å². The van der Waals surface area contributed by atoms with Crippen LogP contribution in [0.2, 0.25) is 0 Å². The molecule has 2 nitrogen and oxygen atoms in total. The summed E-state index contributed by atoms with van der Waals surface area (Å²) in [6, 6.07) is 2.00. The molecule has 0 bridgehead atoms. The van der Waals surface area contributed by atoms with E-state index in [1.165, 1.54) is 22.0 Å². The van der Waals surface area contributed by atoms with Crippen molar-refractivity contribution in [1.29, 1.82) is 0 Å². The molecule has 1 aliphatic carbocycles. The Morgan fingerprint density at radius 3 is 3.00 bits per heavy atom. The van der Waals surface area contributed by atoms with Crippen molar-refractivity contribution >= 4 is 22.6 Å². The molecule has 0 atom stereocenters. The van der Waals surface area contributed by atoms with Crippen molar-refractivity contribution < 1.29 is 4.74 Å². The standard InChI is InChI=1S/C10H12INO/c1-7-5-12-10(4-9(7)11)13-6-8-2-3-8/h4-5,8H,2-3,6H2,1H3. The van der Waals surface area contributed by atoms with Gasteiger partial charge in [-0.1, -0.05) is 0 Å². The molecule has 1 aromatic heterocycles. The Balaban J connectivity index is 1.98. The Morgan fingerprint density at radius 2 is 2.38 bits per heavy atom. The highest BCUT2D eigenvalue weighted by molar-refractivity contribution is 14.1. The van der Waals surface area contributed by atoms with E-state index in [1.54, 1.807) is 0 Å². The molecule has 0 aliphatic heterocycles. The highest BCUT2D eigenvalue weighted by Crippen LogP contribution is 2.29. The molecule has 1 saturated carbocycles. The third-order valence-electron chi connectivity index (χ3n) is 2.18. The fraction of sp³-hybridized carbons (Fsp3) is 0.500. The zero-order valence-corrected chi connectivity index (χ0v) is 9.74. The van der Waals surface area contributed by atoms with Crippen LogP contribution in [0.3, 0.4) is 0 Å². The molecule has 0 spiro atoms. The fourth-order valence-electron chi connectivity index (χ4n) is 1.05. The van der Waals surface area contributed by atoms with Crippen LogP contribution in [0, 0.1) is 16.4 Å². The summed E-state index contributed by atoms with van der Waals surface area (Å²) in [5.41, 5.74) is 1.21. The second-order valence-corrected chi connectivity index (χ2v) is 4.69. The van der Waals surface area contributed by atoms with Crippen LogP contribution in [0.1, 0.15) is 18.4 Å². The number of aromatic nitrogens is 1. The lowest BCUT2D eigenvalue weighted by Crippen LogP contribution is -2.01. The maximum atomic E-state index is 5.55. The summed E-state index contributed by atoms with van der Waals surface area (Å²) in [5, 5.41) is 0. The smallest absolute Gasteiger partial charge is 0.214 e. The molecule has 0 unspecified atom stereocenters. The van der Waals surface area contributed by atoms with E-state index >= 15 is 0 Å². The van der Waals surface area contributed by atoms with Gasteiger partial charge in [-0.3, -0.25) is 0 Å². The van der Waals surface area contributed by atoms with E-state index in [4.69, 9.17) is 4.74 Å². The lowest BCUT2D eigenvalue weighted by Gasteiger charge is -2.05. The van der Waals surface area contributed by atoms with E-state index in [1.807, 2.05) is 12.3 Å². The van der Waals surface area contributed by atoms with Crippen LogP contribution < -0.4 is 4.74 Å². The molecule has 0 aromatic carbocycles. The summed E-state index contributed by atoms with van der Waals surface area (Å²) in [6.45, 7) is 2.89. The van der Waals surface area contributed by atoms with Crippen molar-refractivity contribution in [2.75, 3.05) is 6.61 Å². The van der Waals surface area contributed by atoms with Gasteiger partial charge in [-0.05, 0) is 53.8 Å². The molecule has 2 rings (SSSR count). The monoisotopic (exact) mass is 289 g/mol. The van der Waals surface area contributed by atoms with E-state index < -0.39 is 0 Å². The fourth-order valence-corrected chi connectivity index (χ4v) is 1.45. The molecule has 70 valence electrons. The lowest BCUT2D eigenvalue weighted by atomic mass is 10.3. The average Bonchev–Trinajstić information content (AvgIpc) is 2.91. The molecule has 1 fully saturated rings. The lowest BCUT2D eigenvalue weighted by molar-refractivity contribution is 0.288. The highest BCUT2D eigenvalue weighted by atomic mass is 127.